The summed E-state index contributed by atoms with van der Waals surface area (Å²) in [5.41, 5.74) is 0. The summed E-state index contributed by atoms with van der Waals surface area (Å²) >= 11 is 5.81. The van der Waals surface area contributed by atoms with E-state index in [0.29, 0.717) is 17.1 Å². The van der Waals surface area contributed by atoms with E-state index in [0.717, 1.165) is 38.3 Å². The van der Waals surface area contributed by atoms with Gasteiger partial charge in [0.05, 0.1) is 0 Å². The van der Waals surface area contributed by atoms with E-state index in [1.165, 1.54) is 45.2 Å². The van der Waals surface area contributed by atoms with Crippen LogP contribution in [0, 0.1) is 11.8 Å². The van der Waals surface area contributed by atoms with Crippen LogP contribution in [0.5, 0.6) is 0 Å². The number of carbonyl (C=O) groups excluding carboxylic acids is 1. The molecule has 27 heavy (non-hydrogen) atoms. The van der Waals surface area contributed by atoms with Crippen LogP contribution in [0.15, 0.2) is 12.1 Å². The molecule has 1 amide bonds. The number of rotatable bonds is 4. The van der Waals surface area contributed by atoms with Crippen molar-refractivity contribution in [3.63, 3.8) is 0 Å². The molecule has 0 bridgehead atoms. The summed E-state index contributed by atoms with van der Waals surface area (Å²) in [6, 6.07) is 4.36. The Balaban J connectivity index is 1.24. The SMILES string of the molecule is O=C(NCC1CCCN2CCCCC12)C1CCN(c2ccc(Cl)nn2)CC1. The van der Waals surface area contributed by atoms with Crippen LogP contribution in [0.25, 0.3) is 0 Å². The van der Waals surface area contributed by atoms with Crippen molar-refractivity contribution in [2.45, 2.75) is 51.0 Å². The average molecular weight is 392 g/mol. The second kappa shape index (κ2) is 8.74. The number of amides is 1. The minimum absolute atomic E-state index is 0.118. The Morgan fingerprint density at radius 1 is 1.04 bits per heavy atom. The quantitative estimate of drug-likeness (QED) is 0.855. The number of hydrogen-bond acceptors (Lipinski definition) is 5. The van der Waals surface area contributed by atoms with Gasteiger partial charge < -0.3 is 15.1 Å². The van der Waals surface area contributed by atoms with Gasteiger partial charge in [0.15, 0.2) is 11.0 Å². The second-order valence-electron chi connectivity index (χ2n) is 8.22. The van der Waals surface area contributed by atoms with Gasteiger partial charge in [0, 0.05) is 31.6 Å². The van der Waals surface area contributed by atoms with Crippen molar-refractivity contribution in [3.8, 4) is 0 Å². The van der Waals surface area contributed by atoms with Crippen LogP contribution in [0.2, 0.25) is 5.15 Å². The van der Waals surface area contributed by atoms with Gasteiger partial charge in [-0.2, -0.15) is 0 Å². The van der Waals surface area contributed by atoms with Crippen molar-refractivity contribution in [3.05, 3.63) is 17.3 Å². The number of nitrogens with one attached hydrogen (secondary N) is 1. The van der Waals surface area contributed by atoms with Gasteiger partial charge in [-0.05, 0) is 69.7 Å². The lowest BCUT2D eigenvalue weighted by atomic mass is 9.83. The van der Waals surface area contributed by atoms with Gasteiger partial charge in [-0.1, -0.05) is 18.0 Å². The van der Waals surface area contributed by atoms with E-state index >= 15 is 0 Å². The molecule has 1 N–H and O–H groups in total. The van der Waals surface area contributed by atoms with Gasteiger partial charge in [0.25, 0.3) is 0 Å². The first-order valence-corrected chi connectivity index (χ1v) is 10.8. The highest BCUT2D eigenvalue weighted by atomic mass is 35.5. The lowest BCUT2D eigenvalue weighted by molar-refractivity contribution is -0.126. The van der Waals surface area contributed by atoms with Crippen molar-refractivity contribution in [2.24, 2.45) is 11.8 Å². The molecular formula is C20H30ClN5O. The van der Waals surface area contributed by atoms with Gasteiger partial charge in [-0.15, -0.1) is 10.2 Å². The minimum atomic E-state index is 0.118. The molecule has 3 fully saturated rings. The Hall–Kier alpha value is -1.40. The molecule has 3 aliphatic rings. The van der Waals surface area contributed by atoms with Gasteiger partial charge in [-0.25, -0.2) is 0 Å². The van der Waals surface area contributed by atoms with Gasteiger partial charge in [0.2, 0.25) is 5.91 Å². The largest absolute Gasteiger partial charge is 0.356 e. The topological polar surface area (TPSA) is 61.4 Å². The Kier molecular flexibility index (Phi) is 6.13. The molecule has 4 heterocycles. The number of anilines is 1. The van der Waals surface area contributed by atoms with Crippen LogP contribution >= 0.6 is 11.6 Å². The Labute approximate surface area is 166 Å². The fourth-order valence-corrected chi connectivity index (χ4v) is 5.14. The molecule has 0 aromatic carbocycles. The van der Waals surface area contributed by atoms with Gasteiger partial charge in [0.1, 0.15) is 0 Å². The molecular weight excluding hydrogens is 362 g/mol. The molecule has 3 saturated heterocycles. The first-order chi connectivity index (χ1) is 13.2. The maximum absolute atomic E-state index is 12.7. The number of fused-ring (bicyclic) bond motifs is 1. The molecule has 6 nitrogen and oxygen atoms in total. The Morgan fingerprint density at radius 3 is 2.63 bits per heavy atom. The van der Waals surface area contributed by atoms with E-state index in [1.54, 1.807) is 6.07 Å². The standard InChI is InChI=1S/C20H30ClN5O/c21-18-6-7-19(24-23-18)26-12-8-15(9-13-26)20(27)22-14-16-4-3-11-25-10-2-1-5-17(16)25/h6-7,15-17H,1-5,8-14H2,(H,22,27). The Bertz CT molecular complexity index is 630. The maximum atomic E-state index is 12.7. The molecule has 1 aromatic heterocycles. The minimum Gasteiger partial charge on any atom is -0.356 e. The normalized spacial score (nSPS) is 27.2. The van der Waals surface area contributed by atoms with Crippen LogP contribution in [-0.4, -0.2) is 59.8 Å². The smallest absolute Gasteiger partial charge is 0.223 e. The molecule has 3 aliphatic heterocycles. The highest BCUT2D eigenvalue weighted by Gasteiger charge is 2.33. The number of halogens is 1. The predicted molar refractivity (Wildman–Crippen MR) is 107 cm³/mol. The molecule has 0 aliphatic carbocycles. The monoisotopic (exact) mass is 391 g/mol. The third kappa shape index (κ3) is 4.54. The lowest BCUT2D eigenvalue weighted by Crippen LogP contribution is -2.51. The van der Waals surface area contributed by atoms with Crippen molar-refractivity contribution in [1.29, 1.82) is 0 Å². The fraction of sp³-hybridized carbons (Fsp3) is 0.750. The predicted octanol–water partition coefficient (Wildman–Crippen LogP) is 2.73. The summed E-state index contributed by atoms with van der Waals surface area (Å²) in [4.78, 5) is 17.6. The van der Waals surface area contributed by atoms with Crippen LogP contribution in [0.3, 0.4) is 0 Å². The van der Waals surface area contributed by atoms with E-state index in [-0.39, 0.29) is 11.8 Å². The van der Waals surface area contributed by atoms with Crippen LogP contribution in [0.1, 0.15) is 44.9 Å². The average Bonchev–Trinajstić information content (AvgIpc) is 2.72. The zero-order valence-electron chi connectivity index (χ0n) is 15.9. The number of piperidine rings is 3. The molecule has 4 rings (SSSR count). The molecule has 0 saturated carbocycles. The number of nitrogens with zero attached hydrogens (tertiary/aromatic N) is 4. The van der Waals surface area contributed by atoms with E-state index in [2.05, 4.69) is 25.3 Å². The lowest BCUT2D eigenvalue weighted by Gasteiger charge is -2.44. The zero-order chi connectivity index (χ0) is 18.6. The summed E-state index contributed by atoms with van der Waals surface area (Å²) in [6.07, 6.45) is 8.27. The summed E-state index contributed by atoms with van der Waals surface area (Å²) in [7, 11) is 0. The summed E-state index contributed by atoms with van der Waals surface area (Å²) in [5, 5.41) is 11.8. The fourth-order valence-electron chi connectivity index (χ4n) is 5.04. The van der Waals surface area contributed by atoms with E-state index < -0.39 is 0 Å². The third-order valence-corrected chi connectivity index (χ3v) is 6.78. The maximum Gasteiger partial charge on any atom is 0.223 e. The number of aromatic nitrogens is 2. The molecule has 2 unspecified atom stereocenters. The van der Waals surface area contributed by atoms with Crippen molar-refractivity contribution in [1.82, 2.24) is 20.4 Å². The van der Waals surface area contributed by atoms with E-state index in [1.807, 2.05) is 6.07 Å². The summed E-state index contributed by atoms with van der Waals surface area (Å²) in [6.45, 7) is 5.04. The van der Waals surface area contributed by atoms with Crippen LogP contribution in [-0.2, 0) is 4.79 Å². The van der Waals surface area contributed by atoms with Crippen molar-refractivity contribution in [2.75, 3.05) is 37.6 Å². The second-order valence-corrected chi connectivity index (χ2v) is 8.61. The third-order valence-electron chi connectivity index (χ3n) is 6.57. The number of carbonyl (C=O) groups is 1. The summed E-state index contributed by atoms with van der Waals surface area (Å²) in [5.74, 6) is 1.84. The van der Waals surface area contributed by atoms with E-state index in [4.69, 9.17) is 11.6 Å². The molecule has 148 valence electrons. The summed E-state index contributed by atoms with van der Waals surface area (Å²) < 4.78 is 0. The molecule has 2 atom stereocenters. The van der Waals surface area contributed by atoms with Gasteiger partial charge >= 0.3 is 0 Å². The number of hydrogen-bond donors (Lipinski definition) is 1. The van der Waals surface area contributed by atoms with Crippen molar-refractivity contribution >= 4 is 23.3 Å². The Morgan fingerprint density at radius 2 is 1.85 bits per heavy atom. The highest BCUT2D eigenvalue weighted by molar-refractivity contribution is 6.29. The van der Waals surface area contributed by atoms with E-state index in [9.17, 15) is 4.79 Å². The highest BCUT2D eigenvalue weighted by Crippen LogP contribution is 2.30. The molecule has 0 radical (unpaired) electrons. The van der Waals surface area contributed by atoms with Crippen molar-refractivity contribution < 1.29 is 4.79 Å². The molecule has 7 heteroatoms. The van der Waals surface area contributed by atoms with Crippen LogP contribution in [0.4, 0.5) is 5.82 Å². The first-order valence-electron chi connectivity index (χ1n) is 10.5. The van der Waals surface area contributed by atoms with Crippen LogP contribution < -0.4 is 10.2 Å². The zero-order valence-corrected chi connectivity index (χ0v) is 16.7. The first kappa shape index (κ1) is 18.9. The molecule has 0 spiro atoms. The molecule has 1 aromatic rings. The van der Waals surface area contributed by atoms with Gasteiger partial charge in [-0.3, -0.25) is 4.79 Å².